The molecule has 0 bridgehead atoms. The fourth-order valence-corrected chi connectivity index (χ4v) is 1.75. The molecule has 0 aromatic rings. The summed E-state index contributed by atoms with van der Waals surface area (Å²) in [6.07, 6.45) is 0. The first-order chi connectivity index (χ1) is 8.15. The Morgan fingerprint density at radius 2 is 1.71 bits per heavy atom. The van der Waals surface area contributed by atoms with Crippen molar-refractivity contribution in [1.82, 2.24) is 15.1 Å². The first-order valence-electron chi connectivity index (χ1n) is 6.77. The van der Waals surface area contributed by atoms with Gasteiger partial charge in [-0.2, -0.15) is 0 Å². The molecule has 0 fully saturated rings. The van der Waals surface area contributed by atoms with Gasteiger partial charge in [0.1, 0.15) is 0 Å². The van der Waals surface area contributed by atoms with Crippen LogP contribution in [0, 0.1) is 0 Å². The van der Waals surface area contributed by atoms with Gasteiger partial charge >= 0.3 is 0 Å². The van der Waals surface area contributed by atoms with Gasteiger partial charge in [-0.3, -0.25) is 0 Å². The van der Waals surface area contributed by atoms with Crippen molar-refractivity contribution in [3.05, 3.63) is 0 Å². The topological polar surface area (TPSA) is 27.7 Å². The maximum Gasteiger partial charge on any atom is 0.0615 e. The van der Waals surface area contributed by atoms with E-state index >= 15 is 0 Å². The quantitative estimate of drug-likeness (QED) is 0.547. The van der Waals surface area contributed by atoms with Crippen LogP contribution in [0.25, 0.3) is 0 Å². The predicted molar refractivity (Wildman–Crippen MR) is 74.6 cm³/mol. The maximum absolute atomic E-state index is 5.14. The molecule has 0 aromatic heterocycles. The number of ether oxygens (including phenoxy) is 1. The van der Waals surface area contributed by atoms with E-state index < -0.39 is 0 Å². The molecule has 0 aliphatic carbocycles. The second kappa shape index (κ2) is 11.0. The Labute approximate surface area is 107 Å². The van der Waals surface area contributed by atoms with Gasteiger partial charge in [0.25, 0.3) is 0 Å². The van der Waals surface area contributed by atoms with Crippen LogP contribution in [0.2, 0.25) is 0 Å². The first kappa shape index (κ1) is 16.8. The van der Waals surface area contributed by atoms with Crippen LogP contribution in [0.15, 0.2) is 0 Å². The van der Waals surface area contributed by atoms with Crippen molar-refractivity contribution < 1.29 is 4.74 Å². The van der Waals surface area contributed by atoms with E-state index in [0.29, 0.717) is 6.04 Å². The lowest BCUT2D eigenvalue weighted by Gasteiger charge is -2.24. The predicted octanol–water partition coefficient (Wildman–Crippen LogP) is 0.885. The fraction of sp³-hybridized carbons (Fsp3) is 1.00. The monoisotopic (exact) mass is 245 g/mol. The normalized spacial score (nSPS) is 13.6. The van der Waals surface area contributed by atoms with Gasteiger partial charge in [-0.05, 0) is 27.1 Å². The van der Waals surface area contributed by atoms with E-state index in [2.05, 4.69) is 42.9 Å². The SMILES string of the molecule is CCN(CC)CCNCCN(C)C(C)COC. The van der Waals surface area contributed by atoms with E-state index in [1.165, 1.54) is 0 Å². The van der Waals surface area contributed by atoms with Gasteiger partial charge in [0.05, 0.1) is 6.61 Å². The molecule has 0 heterocycles. The zero-order valence-corrected chi connectivity index (χ0v) is 12.3. The lowest BCUT2D eigenvalue weighted by molar-refractivity contribution is 0.116. The summed E-state index contributed by atoms with van der Waals surface area (Å²) in [5.41, 5.74) is 0. The molecule has 4 heteroatoms. The van der Waals surface area contributed by atoms with Crippen molar-refractivity contribution in [1.29, 1.82) is 0 Å². The lowest BCUT2D eigenvalue weighted by atomic mass is 10.3. The second-order valence-corrected chi connectivity index (χ2v) is 4.56. The number of rotatable bonds is 11. The Balaban J connectivity index is 3.44. The number of nitrogens with one attached hydrogen (secondary N) is 1. The van der Waals surface area contributed by atoms with Crippen molar-refractivity contribution in [3.63, 3.8) is 0 Å². The summed E-state index contributed by atoms with van der Waals surface area (Å²) in [4.78, 5) is 4.76. The smallest absolute Gasteiger partial charge is 0.0615 e. The van der Waals surface area contributed by atoms with E-state index in [1.54, 1.807) is 7.11 Å². The summed E-state index contributed by atoms with van der Waals surface area (Å²) in [5, 5.41) is 3.49. The van der Waals surface area contributed by atoms with Crippen LogP contribution >= 0.6 is 0 Å². The molecule has 0 saturated heterocycles. The van der Waals surface area contributed by atoms with Crippen LogP contribution < -0.4 is 5.32 Å². The Kier molecular flexibility index (Phi) is 10.9. The lowest BCUT2D eigenvalue weighted by Crippen LogP contribution is -2.39. The number of hydrogen-bond acceptors (Lipinski definition) is 4. The molecule has 1 N–H and O–H groups in total. The van der Waals surface area contributed by atoms with Crippen LogP contribution in [0.3, 0.4) is 0 Å². The fourth-order valence-electron chi connectivity index (χ4n) is 1.75. The Morgan fingerprint density at radius 1 is 1.12 bits per heavy atom. The zero-order valence-electron chi connectivity index (χ0n) is 12.3. The van der Waals surface area contributed by atoms with Gasteiger partial charge < -0.3 is 19.9 Å². The minimum absolute atomic E-state index is 0.490. The van der Waals surface area contributed by atoms with Crippen LogP contribution in [0.4, 0.5) is 0 Å². The van der Waals surface area contributed by atoms with E-state index in [1.807, 2.05) is 0 Å². The molecule has 0 rings (SSSR count). The Bertz CT molecular complexity index is 163. The molecule has 0 spiro atoms. The third-order valence-electron chi connectivity index (χ3n) is 3.30. The Morgan fingerprint density at radius 3 is 2.24 bits per heavy atom. The van der Waals surface area contributed by atoms with Gasteiger partial charge in [-0.1, -0.05) is 13.8 Å². The van der Waals surface area contributed by atoms with E-state index in [-0.39, 0.29) is 0 Å². The summed E-state index contributed by atoms with van der Waals surface area (Å²) in [6, 6.07) is 0.490. The average Bonchev–Trinajstić information content (AvgIpc) is 2.33. The van der Waals surface area contributed by atoms with Crippen molar-refractivity contribution in [3.8, 4) is 0 Å². The van der Waals surface area contributed by atoms with E-state index in [4.69, 9.17) is 4.74 Å². The maximum atomic E-state index is 5.14. The highest BCUT2D eigenvalue weighted by atomic mass is 16.5. The van der Waals surface area contributed by atoms with Gasteiger partial charge in [0.2, 0.25) is 0 Å². The third-order valence-corrected chi connectivity index (χ3v) is 3.30. The minimum Gasteiger partial charge on any atom is -0.383 e. The van der Waals surface area contributed by atoms with Crippen LogP contribution in [-0.2, 0) is 4.74 Å². The molecule has 4 nitrogen and oxygen atoms in total. The van der Waals surface area contributed by atoms with Crippen LogP contribution in [0.1, 0.15) is 20.8 Å². The van der Waals surface area contributed by atoms with E-state index in [9.17, 15) is 0 Å². The molecule has 0 aliphatic rings. The van der Waals surface area contributed by atoms with Gasteiger partial charge in [0.15, 0.2) is 0 Å². The van der Waals surface area contributed by atoms with Crippen molar-refractivity contribution >= 4 is 0 Å². The van der Waals surface area contributed by atoms with Crippen molar-refractivity contribution in [2.75, 3.05) is 60.0 Å². The second-order valence-electron chi connectivity index (χ2n) is 4.56. The molecule has 0 saturated carbocycles. The highest BCUT2D eigenvalue weighted by molar-refractivity contribution is 4.64. The number of nitrogens with zero attached hydrogens (tertiary/aromatic N) is 2. The van der Waals surface area contributed by atoms with Gasteiger partial charge in [-0.15, -0.1) is 0 Å². The summed E-state index contributed by atoms with van der Waals surface area (Å²) in [5.74, 6) is 0. The zero-order chi connectivity index (χ0) is 13.1. The number of hydrogen-bond donors (Lipinski definition) is 1. The Hall–Kier alpha value is -0.160. The molecular weight excluding hydrogens is 214 g/mol. The number of methoxy groups -OCH3 is 1. The van der Waals surface area contributed by atoms with Crippen LogP contribution in [-0.4, -0.2) is 75.9 Å². The molecule has 104 valence electrons. The third kappa shape index (κ3) is 8.55. The number of likely N-dealkylation sites (N-methyl/N-ethyl adjacent to an activating group) is 2. The highest BCUT2D eigenvalue weighted by Crippen LogP contribution is 1.94. The summed E-state index contributed by atoms with van der Waals surface area (Å²) in [7, 11) is 3.91. The molecular formula is C13H31N3O. The molecule has 0 amide bonds. The summed E-state index contributed by atoms with van der Waals surface area (Å²) >= 11 is 0. The molecule has 17 heavy (non-hydrogen) atoms. The van der Waals surface area contributed by atoms with Crippen molar-refractivity contribution in [2.24, 2.45) is 0 Å². The van der Waals surface area contributed by atoms with E-state index in [0.717, 1.165) is 45.9 Å². The molecule has 0 aromatic carbocycles. The molecule has 0 radical (unpaired) electrons. The molecule has 0 aliphatic heterocycles. The minimum atomic E-state index is 0.490. The summed E-state index contributed by atoms with van der Waals surface area (Å²) in [6.45, 7) is 14.0. The molecule has 1 atom stereocenters. The molecule has 1 unspecified atom stereocenters. The summed E-state index contributed by atoms with van der Waals surface area (Å²) < 4.78 is 5.14. The van der Waals surface area contributed by atoms with Gasteiger partial charge in [-0.25, -0.2) is 0 Å². The first-order valence-corrected chi connectivity index (χ1v) is 6.77. The van der Waals surface area contributed by atoms with Crippen molar-refractivity contribution in [2.45, 2.75) is 26.8 Å². The largest absolute Gasteiger partial charge is 0.383 e. The van der Waals surface area contributed by atoms with Gasteiger partial charge in [0, 0.05) is 39.3 Å². The van der Waals surface area contributed by atoms with Crippen LogP contribution in [0.5, 0.6) is 0 Å². The highest BCUT2D eigenvalue weighted by Gasteiger charge is 2.07. The average molecular weight is 245 g/mol. The standard InChI is InChI=1S/C13H31N3O/c1-6-16(7-2)11-9-14-8-10-15(4)13(3)12-17-5/h13-14H,6-12H2,1-5H3.